The SMILES string of the molecule is Cn1c(CCNC(=O)c2ccccc2[C@H]2CCNC2)nc2ccccc21. The van der Waals surface area contributed by atoms with Gasteiger partial charge >= 0.3 is 0 Å². The number of hydrogen-bond acceptors (Lipinski definition) is 3. The van der Waals surface area contributed by atoms with Gasteiger partial charge in [-0.1, -0.05) is 30.3 Å². The molecule has 1 saturated heterocycles. The van der Waals surface area contributed by atoms with Crippen LogP contribution in [0.5, 0.6) is 0 Å². The molecule has 1 aromatic heterocycles. The van der Waals surface area contributed by atoms with E-state index in [0.29, 0.717) is 18.9 Å². The average Bonchev–Trinajstić information content (AvgIpc) is 3.31. The summed E-state index contributed by atoms with van der Waals surface area (Å²) in [6, 6.07) is 16.1. The molecule has 5 heteroatoms. The molecule has 0 aliphatic carbocycles. The molecule has 3 aromatic rings. The number of benzene rings is 2. The Hall–Kier alpha value is -2.66. The standard InChI is InChI=1S/C21H24N4O/c1-25-19-9-5-4-8-18(19)24-20(25)11-13-23-21(26)17-7-3-2-6-16(17)15-10-12-22-14-15/h2-9,15,22H,10-14H2,1H3,(H,23,26)/t15-/m0/s1. The molecule has 2 N–H and O–H groups in total. The minimum absolute atomic E-state index is 0.00580. The fraction of sp³-hybridized carbons (Fsp3) is 0.333. The van der Waals surface area contributed by atoms with Crippen molar-refractivity contribution in [1.82, 2.24) is 20.2 Å². The molecule has 0 saturated carbocycles. The molecule has 1 fully saturated rings. The number of aryl methyl sites for hydroxylation is 1. The molecule has 0 spiro atoms. The van der Waals surface area contributed by atoms with Crippen LogP contribution in [0.4, 0.5) is 0 Å². The first-order chi connectivity index (χ1) is 12.7. The lowest BCUT2D eigenvalue weighted by Gasteiger charge is -2.14. The second-order valence-electron chi connectivity index (χ2n) is 6.86. The molecule has 4 rings (SSSR count). The molecule has 1 aliphatic rings. The van der Waals surface area contributed by atoms with Crippen LogP contribution in [-0.4, -0.2) is 35.1 Å². The van der Waals surface area contributed by atoms with Crippen molar-refractivity contribution in [2.45, 2.75) is 18.8 Å². The van der Waals surface area contributed by atoms with Crippen molar-refractivity contribution in [3.63, 3.8) is 0 Å². The third kappa shape index (κ3) is 3.22. The first-order valence-electron chi connectivity index (χ1n) is 9.22. The smallest absolute Gasteiger partial charge is 0.251 e. The Morgan fingerprint density at radius 2 is 2.04 bits per heavy atom. The first-order valence-corrected chi connectivity index (χ1v) is 9.22. The fourth-order valence-corrected chi connectivity index (χ4v) is 3.78. The predicted octanol–water partition coefficient (Wildman–Crippen LogP) is 2.62. The summed E-state index contributed by atoms with van der Waals surface area (Å²) in [6.07, 6.45) is 1.80. The number of hydrogen-bond donors (Lipinski definition) is 2. The largest absolute Gasteiger partial charge is 0.352 e. The number of aromatic nitrogens is 2. The van der Waals surface area contributed by atoms with E-state index in [9.17, 15) is 4.79 Å². The van der Waals surface area contributed by atoms with E-state index >= 15 is 0 Å². The Morgan fingerprint density at radius 3 is 2.85 bits per heavy atom. The third-order valence-electron chi connectivity index (χ3n) is 5.22. The molecule has 1 aliphatic heterocycles. The van der Waals surface area contributed by atoms with Gasteiger partial charge in [0.25, 0.3) is 5.91 Å². The molecule has 0 unspecified atom stereocenters. The number of imidazole rings is 1. The van der Waals surface area contributed by atoms with Gasteiger partial charge < -0.3 is 15.2 Å². The van der Waals surface area contributed by atoms with Crippen LogP contribution in [0, 0.1) is 0 Å². The summed E-state index contributed by atoms with van der Waals surface area (Å²) in [5, 5.41) is 6.45. The first kappa shape index (κ1) is 16.8. The van der Waals surface area contributed by atoms with Gasteiger partial charge in [-0.15, -0.1) is 0 Å². The van der Waals surface area contributed by atoms with Crippen molar-refractivity contribution >= 4 is 16.9 Å². The monoisotopic (exact) mass is 348 g/mol. The number of fused-ring (bicyclic) bond motifs is 1. The highest BCUT2D eigenvalue weighted by Gasteiger charge is 2.21. The van der Waals surface area contributed by atoms with Gasteiger partial charge in [0.05, 0.1) is 11.0 Å². The average molecular weight is 348 g/mol. The zero-order valence-corrected chi connectivity index (χ0v) is 15.0. The second kappa shape index (κ2) is 7.30. The highest BCUT2D eigenvalue weighted by molar-refractivity contribution is 5.95. The molecule has 0 bridgehead atoms. The van der Waals surface area contributed by atoms with Gasteiger partial charge in [-0.2, -0.15) is 0 Å². The number of rotatable bonds is 5. The van der Waals surface area contributed by atoms with E-state index in [1.807, 2.05) is 43.4 Å². The Kier molecular flexibility index (Phi) is 4.71. The van der Waals surface area contributed by atoms with Crippen LogP contribution in [0.3, 0.4) is 0 Å². The van der Waals surface area contributed by atoms with Crippen LogP contribution in [0.1, 0.15) is 34.1 Å². The number of para-hydroxylation sites is 2. The molecule has 26 heavy (non-hydrogen) atoms. The van der Waals surface area contributed by atoms with E-state index in [0.717, 1.165) is 47.5 Å². The topological polar surface area (TPSA) is 59.0 Å². The van der Waals surface area contributed by atoms with Crippen LogP contribution < -0.4 is 10.6 Å². The number of nitrogens with zero attached hydrogens (tertiary/aromatic N) is 2. The normalized spacial score (nSPS) is 16.9. The molecule has 2 aromatic carbocycles. The number of amides is 1. The van der Waals surface area contributed by atoms with Crippen LogP contribution >= 0.6 is 0 Å². The maximum absolute atomic E-state index is 12.7. The van der Waals surface area contributed by atoms with Gasteiger partial charge in [0.1, 0.15) is 5.82 Å². The molecule has 2 heterocycles. The summed E-state index contributed by atoms with van der Waals surface area (Å²) in [5.74, 6) is 1.42. The summed E-state index contributed by atoms with van der Waals surface area (Å²) >= 11 is 0. The van der Waals surface area contributed by atoms with Crippen molar-refractivity contribution in [2.24, 2.45) is 7.05 Å². The van der Waals surface area contributed by atoms with Gasteiger partial charge in [-0.05, 0) is 42.6 Å². The van der Waals surface area contributed by atoms with E-state index < -0.39 is 0 Å². The lowest BCUT2D eigenvalue weighted by molar-refractivity contribution is 0.0952. The Balaban J connectivity index is 1.43. The van der Waals surface area contributed by atoms with Crippen molar-refractivity contribution in [3.8, 4) is 0 Å². The van der Waals surface area contributed by atoms with E-state index in [4.69, 9.17) is 0 Å². The summed E-state index contributed by atoms with van der Waals surface area (Å²) in [4.78, 5) is 17.4. The van der Waals surface area contributed by atoms with E-state index in [1.165, 1.54) is 0 Å². The molecule has 134 valence electrons. The van der Waals surface area contributed by atoms with E-state index in [2.05, 4.69) is 32.3 Å². The molecule has 0 radical (unpaired) electrons. The third-order valence-corrected chi connectivity index (χ3v) is 5.22. The van der Waals surface area contributed by atoms with Crippen molar-refractivity contribution in [1.29, 1.82) is 0 Å². The highest BCUT2D eigenvalue weighted by Crippen LogP contribution is 2.25. The Labute approximate surface area is 153 Å². The van der Waals surface area contributed by atoms with Crippen LogP contribution in [0.25, 0.3) is 11.0 Å². The van der Waals surface area contributed by atoms with Crippen LogP contribution in [0.2, 0.25) is 0 Å². The van der Waals surface area contributed by atoms with Crippen molar-refractivity contribution in [3.05, 3.63) is 65.5 Å². The van der Waals surface area contributed by atoms with Crippen molar-refractivity contribution in [2.75, 3.05) is 19.6 Å². The van der Waals surface area contributed by atoms with Crippen LogP contribution in [-0.2, 0) is 13.5 Å². The summed E-state index contributed by atoms with van der Waals surface area (Å²) in [7, 11) is 2.02. The summed E-state index contributed by atoms with van der Waals surface area (Å²) in [5.41, 5.74) is 4.06. The lowest BCUT2D eigenvalue weighted by Crippen LogP contribution is -2.28. The highest BCUT2D eigenvalue weighted by atomic mass is 16.1. The Morgan fingerprint density at radius 1 is 1.23 bits per heavy atom. The maximum Gasteiger partial charge on any atom is 0.251 e. The van der Waals surface area contributed by atoms with Crippen LogP contribution in [0.15, 0.2) is 48.5 Å². The van der Waals surface area contributed by atoms with Gasteiger partial charge in [0.2, 0.25) is 0 Å². The number of carbonyl (C=O) groups excluding carboxylic acids is 1. The molecular weight excluding hydrogens is 324 g/mol. The zero-order valence-electron chi connectivity index (χ0n) is 15.0. The number of nitrogens with one attached hydrogen (secondary N) is 2. The minimum atomic E-state index is 0.00580. The van der Waals surface area contributed by atoms with E-state index in [1.54, 1.807) is 0 Å². The predicted molar refractivity (Wildman–Crippen MR) is 103 cm³/mol. The fourth-order valence-electron chi connectivity index (χ4n) is 3.78. The molecular formula is C21H24N4O. The van der Waals surface area contributed by atoms with Gasteiger partial charge in [0, 0.05) is 32.1 Å². The molecule has 5 nitrogen and oxygen atoms in total. The summed E-state index contributed by atoms with van der Waals surface area (Å²) in [6.45, 7) is 2.55. The zero-order chi connectivity index (χ0) is 17.9. The van der Waals surface area contributed by atoms with Gasteiger partial charge in [0.15, 0.2) is 0 Å². The van der Waals surface area contributed by atoms with E-state index in [-0.39, 0.29) is 5.91 Å². The lowest BCUT2D eigenvalue weighted by atomic mass is 9.93. The second-order valence-corrected chi connectivity index (χ2v) is 6.86. The molecule has 1 amide bonds. The van der Waals surface area contributed by atoms with Crippen molar-refractivity contribution < 1.29 is 4.79 Å². The summed E-state index contributed by atoms with van der Waals surface area (Å²) < 4.78 is 2.10. The van der Waals surface area contributed by atoms with Gasteiger partial charge in [-0.3, -0.25) is 4.79 Å². The molecule has 1 atom stereocenters. The maximum atomic E-state index is 12.7. The number of carbonyl (C=O) groups is 1. The van der Waals surface area contributed by atoms with Gasteiger partial charge in [-0.25, -0.2) is 4.98 Å². The quantitative estimate of drug-likeness (QED) is 0.745. The minimum Gasteiger partial charge on any atom is -0.352 e. The Bertz CT molecular complexity index is 925.